The van der Waals surface area contributed by atoms with Crippen molar-refractivity contribution >= 4 is 11.0 Å². The molecule has 0 aliphatic carbocycles. The van der Waals surface area contributed by atoms with E-state index in [2.05, 4.69) is 33.5 Å². The SMILES string of the molecule is CNC(C1=CCCO1)c1ccc2nccnc2c1. The molecule has 1 atom stereocenters. The highest BCUT2D eigenvalue weighted by Crippen LogP contribution is 2.27. The Bertz CT molecular complexity index is 594. The average Bonchev–Trinajstić information content (AvgIpc) is 2.93. The summed E-state index contributed by atoms with van der Waals surface area (Å²) in [5, 5.41) is 3.28. The van der Waals surface area contributed by atoms with Crippen LogP contribution in [0.25, 0.3) is 11.0 Å². The zero-order valence-electron chi connectivity index (χ0n) is 10.3. The number of benzene rings is 1. The molecule has 1 unspecified atom stereocenters. The van der Waals surface area contributed by atoms with Gasteiger partial charge in [0.2, 0.25) is 0 Å². The number of nitrogens with one attached hydrogen (secondary N) is 1. The lowest BCUT2D eigenvalue weighted by molar-refractivity contribution is 0.218. The van der Waals surface area contributed by atoms with Crippen molar-refractivity contribution in [1.82, 2.24) is 15.3 Å². The Hall–Kier alpha value is -1.94. The fourth-order valence-corrected chi connectivity index (χ4v) is 2.27. The Labute approximate surface area is 106 Å². The van der Waals surface area contributed by atoms with Crippen LogP contribution in [0.2, 0.25) is 0 Å². The maximum absolute atomic E-state index is 5.64. The second-order valence-electron chi connectivity index (χ2n) is 4.27. The van der Waals surface area contributed by atoms with Gasteiger partial charge < -0.3 is 10.1 Å². The van der Waals surface area contributed by atoms with Gasteiger partial charge in [0.05, 0.1) is 23.7 Å². The zero-order valence-corrected chi connectivity index (χ0v) is 10.3. The smallest absolute Gasteiger partial charge is 0.114 e. The Morgan fingerprint density at radius 1 is 1.22 bits per heavy atom. The van der Waals surface area contributed by atoms with Gasteiger partial charge in [0.25, 0.3) is 0 Å². The van der Waals surface area contributed by atoms with Gasteiger partial charge in [-0.2, -0.15) is 0 Å². The van der Waals surface area contributed by atoms with Crippen LogP contribution in [0, 0.1) is 0 Å². The van der Waals surface area contributed by atoms with Crippen LogP contribution >= 0.6 is 0 Å². The monoisotopic (exact) mass is 241 g/mol. The molecule has 0 saturated carbocycles. The van der Waals surface area contributed by atoms with E-state index in [1.165, 1.54) is 0 Å². The third-order valence-electron chi connectivity index (χ3n) is 3.13. The lowest BCUT2D eigenvalue weighted by Gasteiger charge is -2.18. The Morgan fingerprint density at radius 3 is 2.78 bits per heavy atom. The van der Waals surface area contributed by atoms with E-state index in [4.69, 9.17) is 4.74 Å². The fourth-order valence-electron chi connectivity index (χ4n) is 2.27. The molecule has 18 heavy (non-hydrogen) atoms. The van der Waals surface area contributed by atoms with Crippen molar-refractivity contribution in [2.24, 2.45) is 0 Å². The van der Waals surface area contributed by atoms with Gasteiger partial charge in [0, 0.05) is 18.8 Å². The van der Waals surface area contributed by atoms with Crippen LogP contribution in [0.1, 0.15) is 18.0 Å². The molecule has 1 aromatic carbocycles. The van der Waals surface area contributed by atoms with Crippen LogP contribution in [0.4, 0.5) is 0 Å². The summed E-state index contributed by atoms with van der Waals surface area (Å²) >= 11 is 0. The molecule has 3 rings (SSSR count). The van der Waals surface area contributed by atoms with Gasteiger partial charge in [-0.25, -0.2) is 0 Å². The summed E-state index contributed by atoms with van der Waals surface area (Å²) in [5.74, 6) is 1.00. The van der Waals surface area contributed by atoms with Crippen molar-refractivity contribution in [3.8, 4) is 0 Å². The van der Waals surface area contributed by atoms with E-state index < -0.39 is 0 Å². The molecular formula is C14H15N3O. The molecule has 1 aliphatic rings. The lowest BCUT2D eigenvalue weighted by atomic mass is 10.0. The van der Waals surface area contributed by atoms with Crippen LogP contribution in [-0.4, -0.2) is 23.6 Å². The minimum atomic E-state index is 0.0962. The largest absolute Gasteiger partial charge is 0.496 e. The predicted molar refractivity (Wildman–Crippen MR) is 70.0 cm³/mol. The summed E-state index contributed by atoms with van der Waals surface area (Å²) < 4.78 is 5.64. The molecule has 2 aromatic rings. The van der Waals surface area contributed by atoms with Crippen molar-refractivity contribution in [3.63, 3.8) is 0 Å². The molecule has 0 spiro atoms. The summed E-state index contributed by atoms with van der Waals surface area (Å²) in [4.78, 5) is 8.61. The summed E-state index contributed by atoms with van der Waals surface area (Å²) in [6.45, 7) is 0.779. The topological polar surface area (TPSA) is 47.0 Å². The summed E-state index contributed by atoms with van der Waals surface area (Å²) in [6, 6.07) is 6.23. The highest BCUT2D eigenvalue weighted by Gasteiger charge is 2.19. The minimum Gasteiger partial charge on any atom is -0.496 e. The van der Waals surface area contributed by atoms with E-state index in [0.717, 1.165) is 35.4 Å². The number of fused-ring (bicyclic) bond motifs is 1. The first-order valence-electron chi connectivity index (χ1n) is 6.09. The van der Waals surface area contributed by atoms with E-state index in [-0.39, 0.29) is 6.04 Å². The van der Waals surface area contributed by atoms with E-state index in [1.807, 2.05) is 13.1 Å². The first kappa shape index (κ1) is 11.2. The molecule has 92 valence electrons. The molecule has 0 saturated heterocycles. The minimum absolute atomic E-state index is 0.0962. The average molecular weight is 241 g/mol. The van der Waals surface area contributed by atoms with Crippen LogP contribution < -0.4 is 5.32 Å². The third kappa shape index (κ3) is 1.95. The highest BCUT2D eigenvalue weighted by molar-refractivity contribution is 5.74. The van der Waals surface area contributed by atoms with Crippen LogP contribution in [-0.2, 0) is 4.74 Å². The van der Waals surface area contributed by atoms with Gasteiger partial charge in [-0.1, -0.05) is 6.07 Å². The molecule has 1 N–H and O–H groups in total. The second-order valence-corrected chi connectivity index (χ2v) is 4.27. The van der Waals surface area contributed by atoms with Crippen molar-refractivity contribution in [2.75, 3.05) is 13.7 Å². The molecule has 4 heteroatoms. The van der Waals surface area contributed by atoms with Crippen molar-refractivity contribution in [2.45, 2.75) is 12.5 Å². The first-order valence-corrected chi connectivity index (χ1v) is 6.09. The van der Waals surface area contributed by atoms with Crippen molar-refractivity contribution in [3.05, 3.63) is 48.0 Å². The van der Waals surface area contributed by atoms with Gasteiger partial charge in [0.1, 0.15) is 5.76 Å². The predicted octanol–water partition coefficient (Wildman–Crippen LogP) is 2.19. The Morgan fingerprint density at radius 2 is 2.06 bits per heavy atom. The fraction of sp³-hybridized carbons (Fsp3) is 0.286. The first-order chi connectivity index (χ1) is 8.88. The van der Waals surface area contributed by atoms with Gasteiger partial charge in [0.15, 0.2) is 0 Å². The van der Waals surface area contributed by atoms with E-state index in [1.54, 1.807) is 12.4 Å². The van der Waals surface area contributed by atoms with E-state index >= 15 is 0 Å². The van der Waals surface area contributed by atoms with E-state index in [0.29, 0.717) is 0 Å². The Balaban J connectivity index is 2.01. The number of hydrogen-bond donors (Lipinski definition) is 1. The number of nitrogens with zero attached hydrogens (tertiary/aromatic N) is 2. The molecule has 0 amide bonds. The van der Waals surface area contributed by atoms with Crippen molar-refractivity contribution < 1.29 is 4.74 Å². The molecule has 0 radical (unpaired) electrons. The van der Waals surface area contributed by atoms with Gasteiger partial charge in [-0.15, -0.1) is 0 Å². The summed E-state index contributed by atoms with van der Waals surface area (Å²) in [5.41, 5.74) is 2.98. The molecule has 1 aliphatic heterocycles. The van der Waals surface area contributed by atoms with Gasteiger partial charge in [-0.05, 0) is 30.8 Å². The lowest BCUT2D eigenvalue weighted by Crippen LogP contribution is -2.19. The second kappa shape index (κ2) is 4.74. The van der Waals surface area contributed by atoms with Crippen LogP contribution in [0.15, 0.2) is 42.4 Å². The molecule has 0 bridgehead atoms. The van der Waals surface area contributed by atoms with Gasteiger partial charge >= 0.3 is 0 Å². The molecule has 0 fully saturated rings. The standard InChI is InChI=1S/C14H15N3O/c1-15-14(13-3-2-8-18-13)10-4-5-11-12(9-10)17-7-6-16-11/h3-7,9,14-15H,2,8H2,1H3. The van der Waals surface area contributed by atoms with Crippen molar-refractivity contribution in [1.29, 1.82) is 0 Å². The molecular weight excluding hydrogens is 226 g/mol. The highest BCUT2D eigenvalue weighted by atomic mass is 16.5. The van der Waals surface area contributed by atoms with E-state index in [9.17, 15) is 0 Å². The maximum atomic E-state index is 5.64. The number of likely N-dealkylation sites (N-methyl/N-ethyl adjacent to an activating group) is 1. The Kier molecular flexibility index (Phi) is 2.94. The molecule has 4 nitrogen and oxygen atoms in total. The summed E-state index contributed by atoms with van der Waals surface area (Å²) in [7, 11) is 1.94. The molecule has 1 aromatic heterocycles. The number of ether oxygens (including phenoxy) is 1. The maximum Gasteiger partial charge on any atom is 0.114 e. The number of rotatable bonds is 3. The quantitative estimate of drug-likeness (QED) is 0.894. The number of hydrogen-bond acceptors (Lipinski definition) is 4. The van der Waals surface area contributed by atoms with Crippen LogP contribution in [0.3, 0.4) is 0 Å². The van der Waals surface area contributed by atoms with Gasteiger partial charge in [-0.3, -0.25) is 9.97 Å². The summed E-state index contributed by atoms with van der Waals surface area (Å²) in [6.07, 6.45) is 6.55. The zero-order chi connectivity index (χ0) is 12.4. The third-order valence-corrected chi connectivity index (χ3v) is 3.13. The molecule has 2 heterocycles. The number of aromatic nitrogens is 2. The van der Waals surface area contributed by atoms with Crippen LogP contribution in [0.5, 0.6) is 0 Å². The normalized spacial score (nSPS) is 16.4.